The number of benzene rings is 2. The number of hydrogen-bond donors (Lipinski definition) is 0. The van der Waals surface area contributed by atoms with Crippen LogP contribution in [0.1, 0.15) is 12.0 Å². The zero-order valence-electron chi connectivity index (χ0n) is 13.2. The average molecular weight is 379 g/mol. The molecule has 6 heteroatoms. The molecule has 3 rings (SSSR count). The van der Waals surface area contributed by atoms with Gasteiger partial charge in [-0.1, -0.05) is 35.9 Å². The van der Waals surface area contributed by atoms with Crippen molar-refractivity contribution in [2.75, 3.05) is 12.0 Å². The van der Waals surface area contributed by atoms with Gasteiger partial charge in [0.15, 0.2) is 0 Å². The summed E-state index contributed by atoms with van der Waals surface area (Å²) in [7, 11) is -3.69. The van der Waals surface area contributed by atoms with E-state index in [-0.39, 0.29) is 4.90 Å². The lowest BCUT2D eigenvalue weighted by molar-refractivity contribution is 0.588. The number of aromatic nitrogens is 1. The van der Waals surface area contributed by atoms with Crippen LogP contribution in [0, 0.1) is 6.20 Å². The van der Waals surface area contributed by atoms with Crippen LogP contribution in [0.3, 0.4) is 0 Å². The summed E-state index contributed by atoms with van der Waals surface area (Å²) in [6.07, 6.45) is 6.90. The summed E-state index contributed by atoms with van der Waals surface area (Å²) in [5, 5.41) is 1.40. The highest BCUT2D eigenvalue weighted by Gasteiger charge is 2.21. The molecule has 0 spiro atoms. The summed E-state index contributed by atoms with van der Waals surface area (Å²) in [5.74, 6) is 1.03. The number of rotatable bonds is 6. The molecule has 1 radical (unpaired) electrons. The van der Waals surface area contributed by atoms with E-state index in [2.05, 4.69) is 12.5 Å². The molecule has 2 aromatic carbocycles. The normalized spacial score (nSPS) is 11.9. The molecule has 1 heterocycles. The minimum atomic E-state index is -3.69. The summed E-state index contributed by atoms with van der Waals surface area (Å²) in [5.41, 5.74) is 1.49. The van der Waals surface area contributed by atoms with Gasteiger partial charge in [0.1, 0.15) is 0 Å². The van der Waals surface area contributed by atoms with E-state index in [0.717, 1.165) is 29.5 Å². The van der Waals surface area contributed by atoms with E-state index in [1.54, 1.807) is 54.2 Å². The molecule has 0 unspecified atom stereocenters. The summed E-state index contributed by atoms with van der Waals surface area (Å²) in [4.78, 5) is 0.244. The second-order valence-electron chi connectivity index (χ2n) is 5.43. The molecule has 0 amide bonds. The van der Waals surface area contributed by atoms with E-state index >= 15 is 0 Å². The molecule has 0 saturated carbocycles. The Morgan fingerprint density at radius 2 is 1.92 bits per heavy atom. The molecule has 0 bridgehead atoms. The molecule has 1 aromatic heterocycles. The second kappa shape index (κ2) is 7.21. The van der Waals surface area contributed by atoms with Gasteiger partial charge in [-0.05, 0) is 54.7 Å². The Morgan fingerprint density at radius 3 is 2.62 bits per heavy atom. The largest absolute Gasteiger partial charge is 0.268 e. The molecule has 0 aliphatic rings. The molecule has 0 aliphatic carbocycles. The highest BCUT2D eigenvalue weighted by atomic mass is 35.5. The van der Waals surface area contributed by atoms with Crippen LogP contribution in [0.15, 0.2) is 53.4 Å². The molecule has 24 heavy (non-hydrogen) atoms. The van der Waals surface area contributed by atoms with Crippen LogP contribution >= 0.6 is 23.4 Å². The number of nitrogens with zero attached hydrogens (tertiary/aromatic N) is 1. The van der Waals surface area contributed by atoms with Gasteiger partial charge in [-0.15, -0.1) is 0 Å². The summed E-state index contributed by atoms with van der Waals surface area (Å²) in [6.45, 7) is 0. The van der Waals surface area contributed by atoms with Gasteiger partial charge in [0, 0.05) is 10.4 Å². The highest BCUT2D eigenvalue weighted by molar-refractivity contribution is 7.98. The van der Waals surface area contributed by atoms with Gasteiger partial charge < -0.3 is 0 Å². The summed E-state index contributed by atoms with van der Waals surface area (Å²) in [6, 6.07) is 13.7. The van der Waals surface area contributed by atoms with Gasteiger partial charge in [-0.25, -0.2) is 12.4 Å². The first kappa shape index (κ1) is 17.4. The van der Waals surface area contributed by atoms with Crippen molar-refractivity contribution in [3.63, 3.8) is 0 Å². The number of halogens is 1. The van der Waals surface area contributed by atoms with E-state index in [0.29, 0.717) is 10.5 Å². The van der Waals surface area contributed by atoms with Gasteiger partial charge in [-0.2, -0.15) is 11.8 Å². The van der Waals surface area contributed by atoms with Crippen LogP contribution in [0.4, 0.5) is 0 Å². The van der Waals surface area contributed by atoms with Gasteiger partial charge in [0.25, 0.3) is 10.0 Å². The Labute approximate surface area is 151 Å². The Hall–Kier alpha value is -1.43. The molecule has 3 nitrogen and oxygen atoms in total. The van der Waals surface area contributed by atoms with E-state index in [9.17, 15) is 8.42 Å². The van der Waals surface area contributed by atoms with Crippen molar-refractivity contribution in [1.82, 2.24) is 3.97 Å². The van der Waals surface area contributed by atoms with Crippen molar-refractivity contribution < 1.29 is 8.42 Å². The second-order valence-corrected chi connectivity index (χ2v) is 8.64. The van der Waals surface area contributed by atoms with Crippen LogP contribution < -0.4 is 0 Å². The molecule has 0 fully saturated rings. The molecule has 125 valence electrons. The summed E-state index contributed by atoms with van der Waals surface area (Å²) >= 11 is 7.88. The first-order chi connectivity index (χ1) is 11.5. The first-order valence-corrected chi connectivity index (χ1v) is 10.8. The third kappa shape index (κ3) is 3.34. The lowest BCUT2D eigenvalue weighted by Crippen LogP contribution is -2.12. The Morgan fingerprint density at radius 1 is 1.17 bits per heavy atom. The minimum Gasteiger partial charge on any atom is -0.231 e. The van der Waals surface area contributed by atoms with Crippen molar-refractivity contribution in [3.8, 4) is 0 Å². The van der Waals surface area contributed by atoms with E-state index in [4.69, 9.17) is 11.6 Å². The summed E-state index contributed by atoms with van der Waals surface area (Å²) < 4.78 is 27.2. The lowest BCUT2D eigenvalue weighted by Gasteiger charge is -2.07. The van der Waals surface area contributed by atoms with Crippen molar-refractivity contribution in [2.45, 2.75) is 17.7 Å². The third-order valence-corrected chi connectivity index (χ3v) is 6.37. The molecular formula is C18H17ClNO2S2. The Bertz CT molecular complexity index is 950. The molecule has 0 atom stereocenters. The molecular weight excluding hydrogens is 362 g/mol. The smallest absolute Gasteiger partial charge is 0.231 e. The van der Waals surface area contributed by atoms with Gasteiger partial charge in [0.05, 0.1) is 16.6 Å². The van der Waals surface area contributed by atoms with Crippen LogP contribution in [0.2, 0.25) is 5.02 Å². The maximum absolute atomic E-state index is 13.0. The molecule has 3 aromatic rings. The number of aryl methyl sites for hydroxylation is 1. The van der Waals surface area contributed by atoms with Crippen molar-refractivity contribution in [2.24, 2.45) is 0 Å². The Kier molecular flexibility index (Phi) is 5.23. The SMILES string of the molecule is CSCCCc1[c]n(S(=O)(=O)c2ccccc2)c2cc(Cl)ccc12. The predicted molar refractivity (Wildman–Crippen MR) is 102 cm³/mol. The van der Waals surface area contributed by atoms with Crippen LogP contribution in [0.5, 0.6) is 0 Å². The number of hydrogen-bond acceptors (Lipinski definition) is 3. The average Bonchev–Trinajstić information content (AvgIpc) is 2.94. The van der Waals surface area contributed by atoms with Crippen LogP contribution in [-0.2, 0) is 16.4 Å². The van der Waals surface area contributed by atoms with Gasteiger partial charge in [-0.3, -0.25) is 0 Å². The van der Waals surface area contributed by atoms with Crippen LogP contribution in [-0.4, -0.2) is 24.4 Å². The number of fused-ring (bicyclic) bond motifs is 1. The van der Waals surface area contributed by atoms with E-state index in [1.807, 2.05) is 6.07 Å². The number of thioether (sulfide) groups is 1. The fourth-order valence-electron chi connectivity index (χ4n) is 2.64. The van der Waals surface area contributed by atoms with Crippen molar-refractivity contribution in [3.05, 3.63) is 65.3 Å². The maximum atomic E-state index is 13.0. The quantitative estimate of drug-likeness (QED) is 0.587. The van der Waals surface area contributed by atoms with Gasteiger partial charge >= 0.3 is 0 Å². The minimum absolute atomic E-state index is 0.244. The first-order valence-electron chi connectivity index (χ1n) is 7.56. The monoisotopic (exact) mass is 378 g/mol. The molecule has 0 N–H and O–H groups in total. The Balaban J connectivity index is 2.15. The van der Waals surface area contributed by atoms with Gasteiger partial charge in [0.2, 0.25) is 0 Å². The maximum Gasteiger partial charge on any atom is 0.268 e. The molecule has 0 saturated heterocycles. The molecule has 0 aliphatic heterocycles. The predicted octanol–water partition coefficient (Wildman–Crippen LogP) is 4.63. The van der Waals surface area contributed by atoms with Crippen molar-refractivity contribution >= 4 is 44.3 Å². The third-order valence-electron chi connectivity index (χ3n) is 3.80. The van der Waals surface area contributed by atoms with E-state index in [1.165, 1.54) is 3.97 Å². The lowest BCUT2D eigenvalue weighted by atomic mass is 10.1. The van der Waals surface area contributed by atoms with Crippen LogP contribution in [0.25, 0.3) is 10.9 Å². The topological polar surface area (TPSA) is 39.1 Å². The zero-order valence-corrected chi connectivity index (χ0v) is 15.6. The zero-order chi connectivity index (χ0) is 17.2. The fourth-order valence-corrected chi connectivity index (χ4v) is 4.59. The van der Waals surface area contributed by atoms with Crippen molar-refractivity contribution in [1.29, 1.82) is 0 Å². The standard InChI is InChI=1S/C18H17ClNO2S2/c1-23-11-5-6-14-13-20(18-12-15(19)9-10-17(14)18)24(21,22)16-7-3-2-4-8-16/h2-4,7-10,12H,5-6,11H2,1H3. The fraction of sp³-hybridized carbons (Fsp3) is 0.222. The van der Waals surface area contributed by atoms with E-state index < -0.39 is 10.0 Å². The highest BCUT2D eigenvalue weighted by Crippen LogP contribution is 2.28.